The molecule has 2 amide bonds. The van der Waals surface area contributed by atoms with Crippen molar-refractivity contribution in [3.05, 3.63) is 47.8 Å². The van der Waals surface area contributed by atoms with Crippen molar-refractivity contribution in [2.45, 2.75) is 31.5 Å². The summed E-state index contributed by atoms with van der Waals surface area (Å²) in [5, 5.41) is 8.72. The molecular weight excluding hydrogens is 439 g/mol. The molecular formula is C21H22F3N7O2. The molecule has 1 saturated heterocycles. The number of likely N-dealkylation sites (N-methyl/N-ethyl adjacent to an activating group) is 1. The molecule has 12 heteroatoms. The number of primary amides is 1. The summed E-state index contributed by atoms with van der Waals surface area (Å²) in [6.07, 6.45) is -0.975. The summed E-state index contributed by atoms with van der Waals surface area (Å²) in [5.41, 5.74) is 5.49. The molecule has 1 fully saturated rings. The molecule has 2 aromatic rings. The summed E-state index contributed by atoms with van der Waals surface area (Å²) in [6, 6.07) is 5.49. The highest BCUT2D eigenvalue weighted by Gasteiger charge is 2.34. The Bertz CT molecular complexity index is 1130. The average Bonchev–Trinajstić information content (AvgIpc) is 3.16. The number of nitrogens with one attached hydrogen (secondary N) is 3. The highest BCUT2D eigenvalue weighted by Crippen LogP contribution is 2.36. The predicted molar refractivity (Wildman–Crippen MR) is 116 cm³/mol. The summed E-state index contributed by atoms with van der Waals surface area (Å²) in [7, 11) is 1.91. The highest BCUT2D eigenvalue weighted by atomic mass is 19.4. The lowest BCUT2D eigenvalue weighted by molar-refractivity contribution is -0.141. The molecule has 1 unspecified atom stereocenters. The summed E-state index contributed by atoms with van der Waals surface area (Å²) < 4.78 is 39.1. The maximum Gasteiger partial charge on any atom is 0.433 e. The van der Waals surface area contributed by atoms with Gasteiger partial charge in [0.2, 0.25) is 5.91 Å². The van der Waals surface area contributed by atoms with Crippen LogP contribution in [0, 0.1) is 0 Å². The van der Waals surface area contributed by atoms with E-state index in [2.05, 4.69) is 25.9 Å². The average molecular weight is 461 g/mol. The number of nitrogens with two attached hydrogens (primary N) is 1. The lowest BCUT2D eigenvalue weighted by atomic mass is 10.0. The van der Waals surface area contributed by atoms with Gasteiger partial charge in [-0.15, -0.1) is 0 Å². The first-order valence-electron chi connectivity index (χ1n) is 10.3. The van der Waals surface area contributed by atoms with Crippen molar-refractivity contribution >= 4 is 34.4 Å². The third-order valence-corrected chi connectivity index (χ3v) is 5.55. The molecule has 0 saturated carbocycles. The number of halogens is 3. The molecule has 0 bridgehead atoms. The topological polar surface area (TPSA) is 125 Å². The fraction of sp³-hybridized carbons (Fsp3) is 0.333. The van der Waals surface area contributed by atoms with E-state index in [0.717, 1.165) is 32.0 Å². The van der Waals surface area contributed by atoms with E-state index < -0.39 is 23.6 Å². The van der Waals surface area contributed by atoms with Gasteiger partial charge < -0.3 is 21.7 Å². The zero-order chi connectivity index (χ0) is 23.8. The fourth-order valence-electron chi connectivity index (χ4n) is 3.87. The molecule has 2 aliphatic rings. The number of fused-ring (bicyclic) bond motifs is 1. The van der Waals surface area contributed by atoms with Crippen molar-refractivity contribution in [3.8, 4) is 0 Å². The summed E-state index contributed by atoms with van der Waals surface area (Å²) >= 11 is 0. The number of anilines is 3. The van der Waals surface area contributed by atoms with Crippen molar-refractivity contribution in [1.29, 1.82) is 0 Å². The van der Waals surface area contributed by atoms with Crippen LogP contribution in [0.3, 0.4) is 0 Å². The third kappa shape index (κ3) is 4.75. The van der Waals surface area contributed by atoms with Crippen molar-refractivity contribution in [3.63, 3.8) is 0 Å². The largest absolute Gasteiger partial charge is 0.433 e. The van der Waals surface area contributed by atoms with Crippen LogP contribution in [-0.4, -0.2) is 46.3 Å². The molecule has 9 nitrogen and oxygen atoms in total. The molecule has 1 aromatic carbocycles. The van der Waals surface area contributed by atoms with Crippen LogP contribution in [0.5, 0.6) is 0 Å². The Morgan fingerprint density at radius 1 is 1.18 bits per heavy atom. The van der Waals surface area contributed by atoms with Gasteiger partial charge in [-0.1, -0.05) is 6.42 Å². The molecule has 5 N–H and O–H groups in total. The number of carbonyl (C=O) groups excluding carboxylic acids is 2. The molecule has 1 aromatic heterocycles. The second-order valence-electron chi connectivity index (χ2n) is 7.87. The molecule has 0 spiro atoms. The standard InChI is InChI=1S/C21H22F3N7O2/c1-31-9-3-2-4-14(31)20(33)27-11-5-6-12-13(10-11)29-19(28-12)16(17(25)32)18-26-8-7-15(30-18)21(22,23)24/h5-8,10,14,28-29H,2-4,9H2,1H3,(H2,25,32)(H,27,33). The minimum absolute atomic E-state index is 0.0484. The number of rotatable bonds is 4. The van der Waals surface area contributed by atoms with Crippen LogP contribution in [0.2, 0.25) is 0 Å². The first kappa shape index (κ1) is 22.5. The van der Waals surface area contributed by atoms with E-state index in [1.807, 2.05) is 11.9 Å². The van der Waals surface area contributed by atoms with E-state index in [1.54, 1.807) is 18.2 Å². The van der Waals surface area contributed by atoms with E-state index in [9.17, 15) is 22.8 Å². The number of benzene rings is 1. The normalized spacial score (nSPS) is 19.8. The molecule has 33 heavy (non-hydrogen) atoms. The Morgan fingerprint density at radius 2 is 1.94 bits per heavy atom. The number of aromatic nitrogens is 2. The molecule has 4 rings (SSSR count). The van der Waals surface area contributed by atoms with Crippen LogP contribution in [0.4, 0.5) is 30.2 Å². The molecule has 3 heterocycles. The van der Waals surface area contributed by atoms with Gasteiger partial charge in [-0.2, -0.15) is 13.2 Å². The van der Waals surface area contributed by atoms with Crippen LogP contribution in [0.25, 0.3) is 5.57 Å². The molecule has 1 atom stereocenters. The lowest BCUT2D eigenvalue weighted by Crippen LogP contribution is -2.44. The van der Waals surface area contributed by atoms with Crippen molar-refractivity contribution in [1.82, 2.24) is 14.9 Å². The smallest absolute Gasteiger partial charge is 0.365 e. The van der Waals surface area contributed by atoms with Gasteiger partial charge in [0, 0.05) is 11.9 Å². The van der Waals surface area contributed by atoms with E-state index >= 15 is 0 Å². The number of carbonyl (C=O) groups is 2. The summed E-state index contributed by atoms with van der Waals surface area (Å²) in [4.78, 5) is 34.0. The number of piperidine rings is 1. The van der Waals surface area contributed by atoms with Crippen LogP contribution >= 0.6 is 0 Å². The lowest BCUT2D eigenvalue weighted by Gasteiger charge is -2.31. The van der Waals surface area contributed by atoms with E-state index in [1.165, 1.54) is 0 Å². The minimum Gasteiger partial charge on any atom is -0.365 e. The third-order valence-electron chi connectivity index (χ3n) is 5.55. The Kier molecular flexibility index (Phi) is 5.93. The number of likely N-dealkylation sites (tertiary alicyclic amines) is 1. The summed E-state index contributed by atoms with van der Waals surface area (Å²) in [6.45, 7) is 0.857. The highest BCUT2D eigenvalue weighted by molar-refractivity contribution is 6.20. The zero-order valence-electron chi connectivity index (χ0n) is 17.7. The molecule has 0 aliphatic carbocycles. The number of hydrogen-bond acceptors (Lipinski definition) is 7. The molecule has 0 radical (unpaired) electrons. The van der Waals surface area contributed by atoms with Gasteiger partial charge in [0.05, 0.1) is 17.4 Å². The van der Waals surface area contributed by atoms with Gasteiger partial charge in [0.25, 0.3) is 5.91 Å². The van der Waals surface area contributed by atoms with Crippen molar-refractivity contribution in [2.75, 3.05) is 29.5 Å². The second kappa shape index (κ2) is 8.70. The Labute approximate surface area is 187 Å². The molecule has 2 aliphatic heterocycles. The van der Waals surface area contributed by atoms with Crippen LogP contribution in [0.1, 0.15) is 30.8 Å². The monoisotopic (exact) mass is 461 g/mol. The van der Waals surface area contributed by atoms with E-state index in [0.29, 0.717) is 23.1 Å². The van der Waals surface area contributed by atoms with Crippen LogP contribution in [0.15, 0.2) is 36.3 Å². The maximum absolute atomic E-state index is 13.0. The number of nitrogens with zero attached hydrogens (tertiary/aromatic N) is 3. The van der Waals surface area contributed by atoms with Gasteiger partial charge in [-0.3, -0.25) is 14.5 Å². The Hall–Kier alpha value is -3.67. The Balaban J connectivity index is 1.58. The van der Waals surface area contributed by atoms with Crippen LogP contribution in [-0.2, 0) is 15.8 Å². The fourth-order valence-corrected chi connectivity index (χ4v) is 3.87. The van der Waals surface area contributed by atoms with Crippen molar-refractivity contribution < 1.29 is 22.8 Å². The number of hydrogen-bond donors (Lipinski definition) is 4. The van der Waals surface area contributed by atoms with E-state index in [-0.39, 0.29) is 23.3 Å². The number of alkyl halides is 3. The van der Waals surface area contributed by atoms with Gasteiger partial charge in [0.1, 0.15) is 17.1 Å². The summed E-state index contributed by atoms with van der Waals surface area (Å²) in [5.74, 6) is -1.54. The van der Waals surface area contributed by atoms with E-state index in [4.69, 9.17) is 5.73 Å². The SMILES string of the molecule is CN1CCCCC1C(=O)Nc1ccc2c(c1)NC(=C(C(N)=O)c1nccc(C(F)(F)F)n1)N2. The Morgan fingerprint density at radius 3 is 2.64 bits per heavy atom. The zero-order valence-corrected chi connectivity index (χ0v) is 17.7. The van der Waals surface area contributed by atoms with Gasteiger partial charge in [-0.05, 0) is 50.7 Å². The predicted octanol–water partition coefficient (Wildman–Crippen LogP) is 2.61. The van der Waals surface area contributed by atoms with Gasteiger partial charge >= 0.3 is 6.18 Å². The first-order valence-corrected chi connectivity index (χ1v) is 10.3. The second-order valence-corrected chi connectivity index (χ2v) is 7.87. The minimum atomic E-state index is -4.70. The van der Waals surface area contributed by atoms with Crippen LogP contribution < -0.4 is 21.7 Å². The van der Waals surface area contributed by atoms with Gasteiger partial charge in [0.15, 0.2) is 5.82 Å². The number of amides is 2. The van der Waals surface area contributed by atoms with Crippen molar-refractivity contribution in [2.24, 2.45) is 5.73 Å². The molecule has 174 valence electrons. The maximum atomic E-state index is 13.0. The van der Waals surface area contributed by atoms with Gasteiger partial charge in [-0.25, -0.2) is 9.97 Å². The quantitative estimate of drug-likeness (QED) is 0.516. The first-order chi connectivity index (χ1) is 15.6.